The Balaban J connectivity index is 0.000000677. The first-order valence-corrected chi connectivity index (χ1v) is 7.64. The van der Waals surface area contributed by atoms with E-state index in [0.29, 0.717) is 6.54 Å². The monoisotopic (exact) mass is 299 g/mol. The van der Waals surface area contributed by atoms with Gasteiger partial charge in [0.25, 0.3) is 6.47 Å². The molecule has 6 nitrogen and oxygen atoms in total. The molecule has 0 bridgehead atoms. The molecule has 21 heavy (non-hydrogen) atoms. The van der Waals surface area contributed by atoms with Gasteiger partial charge in [-0.2, -0.15) is 0 Å². The van der Waals surface area contributed by atoms with Crippen molar-refractivity contribution in [3.05, 3.63) is 0 Å². The predicted octanol–water partition coefficient (Wildman–Crippen LogP) is 0.583. The third-order valence-corrected chi connectivity index (χ3v) is 4.04. The highest BCUT2D eigenvalue weighted by Crippen LogP contribution is 2.22. The summed E-state index contributed by atoms with van der Waals surface area (Å²) in [6, 6.07) is 0. The van der Waals surface area contributed by atoms with Crippen LogP contribution in [0.4, 0.5) is 0 Å². The third-order valence-electron chi connectivity index (χ3n) is 4.04. The van der Waals surface area contributed by atoms with Gasteiger partial charge in [-0.05, 0) is 31.3 Å². The molecule has 0 aromatic rings. The Morgan fingerprint density at radius 2 is 1.62 bits per heavy atom. The molecular formula is C15H29N3O3. The molecule has 2 rings (SSSR count). The summed E-state index contributed by atoms with van der Waals surface area (Å²) in [5.74, 6) is 0.262. The molecule has 0 radical (unpaired) electrons. The number of likely N-dealkylation sites (tertiary alicyclic amines) is 1. The van der Waals surface area contributed by atoms with Crippen molar-refractivity contribution in [2.45, 2.75) is 26.7 Å². The van der Waals surface area contributed by atoms with Crippen LogP contribution in [-0.4, -0.2) is 85.0 Å². The van der Waals surface area contributed by atoms with E-state index in [2.05, 4.69) is 23.6 Å². The molecular weight excluding hydrogens is 270 g/mol. The van der Waals surface area contributed by atoms with Crippen molar-refractivity contribution in [2.24, 2.45) is 5.41 Å². The number of carbonyl (C=O) groups excluding carboxylic acids is 1. The number of amides is 1. The summed E-state index contributed by atoms with van der Waals surface area (Å²) in [4.78, 5) is 26.8. The molecule has 0 saturated carbocycles. The summed E-state index contributed by atoms with van der Waals surface area (Å²) in [7, 11) is 1.90. The van der Waals surface area contributed by atoms with Gasteiger partial charge in [-0.15, -0.1) is 0 Å². The lowest BCUT2D eigenvalue weighted by atomic mass is 9.91. The lowest BCUT2D eigenvalue weighted by Gasteiger charge is -2.38. The van der Waals surface area contributed by atoms with Gasteiger partial charge < -0.3 is 14.9 Å². The van der Waals surface area contributed by atoms with Crippen molar-refractivity contribution in [3.63, 3.8) is 0 Å². The summed E-state index contributed by atoms with van der Waals surface area (Å²) < 4.78 is 0. The minimum atomic E-state index is -0.250. The van der Waals surface area contributed by atoms with Crippen LogP contribution >= 0.6 is 0 Å². The number of rotatable bonds is 4. The van der Waals surface area contributed by atoms with Gasteiger partial charge in [0.2, 0.25) is 5.91 Å². The normalized spacial score (nSPS) is 21.1. The van der Waals surface area contributed by atoms with Crippen LogP contribution in [0.3, 0.4) is 0 Å². The number of likely N-dealkylation sites (N-methyl/N-ethyl adjacent to an activating group) is 1. The van der Waals surface area contributed by atoms with Crippen molar-refractivity contribution < 1.29 is 14.7 Å². The molecule has 2 saturated heterocycles. The Hall–Kier alpha value is -1.14. The highest BCUT2D eigenvalue weighted by atomic mass is 16.3. The third kappa shape index (κ3) is 6.44. The maximum Gasteiger partial charge on any atom is 0.290 e. The van der Waals surface area contributed by atoms with Crippen molar-refractivity contribution in [1.29, 1.82) is 0 Å². The summed E-state index contributed by atoms with van der Waals surface area (Å²) in [5, 5.41) is 6.89. The molecule has 122 valence electrons. The van der Waals surface area contributed by atoms with Gasteiger partial charge in [-0.3, -0.25) is 14.5 Å². The van der Waals surface area contributed by atoms with Crippen LogP contribution in [0.15, 0.2) is 0 Å². The van der Waals surface area contributed by atoms with E-state index in [-0.39, 0.29) is 17.8 Å². The quantitative estimate of drug-likeness (QED) is 0.770. The Bertz CT molecular complexity index is 341. The van der Waals surface area contributed by atoms with E-state index in [1.54, 1.807) is 0 Å². The van der Waals surface area contributed by atoms with Crippen LogP contribution in [0, 0.1) is 5.41 Å². The number of carbonyl (C=O) groups is 2. The number of piperazine rings is 1. The summed E-state index contributed by atoms with van der Waals surface area (Å²) >= 11 is 0. The number of hydrogen-bond donors (Lipinski definition) is 1. The summed E-state index contributed by atoms with van der Waals surface area (Å²) in [6.45, 7) is 11.6. The summed E-state index contributed by atoms with van der Waals surface area (Å²) in [6.07, 6.45) is 2.70. The fourth-order valence-electron chi connectivity index (χ4n) is 3.14. The van der Waals surface area contributed by atoms with Crippen LogP contribution < -0.4 is 0 Å². The molecule has 0 atom stereocenters. The van der Waals surface area contributed by atoms with Crippen LogP contribution in [0.1, 0.15) is 26.7 Å². The van der Waals surface area contributed by atoms with E-state index in [9.17, 15) is 4.79 Å². The lowest BCUT2D eigenvalue weighted by Crippen LogP contribution is -2.52. The van der Waals surface area contributed by atoms with Crippen molar-refractivity contribution in [3.8, 4) is 0 Å². The zero-order valence-corrected chi connectivity index (χ0v) is 13.5. The van der Waals surface area contributed by atoms with E-state index in [1.807, 2.05) is 11.9 Å². The lowest BCUT2D eigenvalue weighted by molar-refractivity contribution is -0.135. The second kappa shape index (κ2) is 8.34. The van der Waals surface area contributed by atoms with Gasteiger partial charge in [0, 0.05) is 33.2 Å². The molecule has 0 unspecified atom stereocenters. The topological polar surface area (TPSA) is 64.1 Å². The van der Waals surface area contributed by atoms with Gasteiger partial charge in [-0.1, -0.05) is 13.8 Å². The first-order chi connectivity index (χ1) is 9.88. The molecule has 0 aliphatic carbocycles. The molecule has 2 heterocycles. The number of nitrogens with zero attached hydrogens (tertiary/aromatic N) is 3. The SMILES string of the molecule is CN1CCN(CC(C)(C)CN2CCCC2)CC1=O.O=CO. The minimum Gasteiger partial charge on any atom is -0.483 e. The van der Waals surface area contributed by atoms with Crippen LogP contribution in [0.5, 0.6) is 0 Å². The first-order valence-electron chi connectivity index (χ1n) is 7.64. The molecule has 2 aliphatic rings. The smallest absolute Gasteiger partial charge is 0.290 e. The maximum atomic E-state index is 11.7. The molecule has 0 spiro atoms. The first kappa shape index (κ1) is 17.9. The minimum absolute atomic E-state index is 0.250. The van der Waals surface area contributed by atoms with Crippen molar-refractivity contribution in [1.82, 2.24) is 14.7 Å². The second-order valence-corrected chi connectivity index (χ2v) is 6.78. The molecule has 2 fully saturated rings. The fourth-order valence-corrected chi connectivity index (χ4v) is 3.14. The van der Waals surface area contributed by atoms with E-state index >= 15 is 0 Å². The van der Waals surface area contributed by atoms with E-state index in [1.165, 1.54) is 25.9 Å². The second-order valence-electron chi connectivity index (χ2n) is 6.78. The number of carboxylic acid groups (broad SMARTS) is 1. The van der Waals surface area contributed by atoms with E-state index < -0.39 is 0 Å². The van der Waals surface area contributed by atoms with Gasteiger partial charge >= 0.3 is 0 Å². The van der Waals surface area contributed by atoms with Crippen molar-refractivity contribution >= 4 is 12.4 Å². The highest BCUT2D eigenvalue weighted by Gasteiger charge is 2.29. The van der Waals surface area contributed by atoms with E-state index in [4.69, 9.17) is 9.90 Å². The largest absolute Gasteiger partial charge is 0.483 e. The van der Waals surface area contributed by atoms with Crippen molar-refractivity contribution in [2.75, 3.05) is 52.9 Å². The average Bonchev–Trinajstić information content (AvgIpc) is 2.86. The Morgan fingerprint density at radius 1 is 1.10 bits per heavy atom. The van der Waals surface area contributed by atoms with Crippen LogP contribution in [0.2, 0.25) is 0 Å². The van der Waals surface area contributed by atoms with Gasteiger partial charge in [0.15, 0.2) is 0 Å². The maximum absolute atomic E-state index is 11.7. The standard InChI is InChI=1S/C14H27N3O.CH2O2/c1-14(2,11-16-6-4-5-7-16)12-17-9-8-15(3)13(18)10-17;2-1-3/h4-12H2,1-3H3;1H,(H,2,3). The van der Waals surface area contributed by atoms with Crippen LogP contribution in [-0.2, 0) is 9.59 Å². The highest BCUT2D eigenvalue weighted by molar-refractivity contribution is 5.78. The zero-order valence-electron chi connectivity index (χ0n) is 13.5. The average molecular weight is 299 g/mol. The van der Waals surface area contributed by atoms with Gasteiger partial charge in [-0.25, -0.2) is 0 Å². The Kier molecular flexibility index (Phi) is 7.11. The zero-order chi connectivity index (χ0) is 15.9. The van der Waals surface area contributed by atoms with Crippen LogP contribution in [0.25, 0.3) is 0 Å². The molecule has 1 amide bonds. The molecule has 0 aromatic heterocycles. The number of hydrogen-bond acceptors (Lipinski definition) is 4. The summed E-state index contributed by atoms with van der Waals surface area (Å²) in [5.41, 5.74) is 0.278. The predicted molar refractivity (Wildman–Crippen MR) is 82.2 cm³/mol. The Labute approximate surface area is 127 Å². The molecule has 6 heteroatoms. The molecule has 2 aliphatic heterocycles. The van der Waals surface area contributed by atoms with Gasteiger partial charge in [0.1, 0.15) is 0 Å². The van der Waals surface area contributed by atoms with Gasteiger partial charge in [0.05, 0.1) is 6.54 Å². The van der Waals surface area contributed by atoms with E-state index in [0.717, 1.165) is 26.2 Å². The molecule has 0 aromatic carbocycles. The molecule has 1 N–H and O–H groups in total. The fraction of sp³-hybridized carbons (Fsp3) is 0.867. The Morgan fingerprint density at radius 3 is 2.14 bits per heavy atom.